The highest BCUT2D eigenvalue weighted by atomic mass is 16.7. The minimum atomic E-state index is -0.945. The molecule has 4 heteroatoms. The first kappa shape index (κ1) is 12.4. The standard InChI is InChI=1S/C13H21NO3/c1-12(2,3)9-4-6-13(7-5-9)8-10(11(15)16)14-17-13/h9H,4-8H2,1-3H3,(H,15,16)/t9-,13-. The molecule has 2 rings (SSSR count). The van der Waals surface area contributed by atoms with E-state index in [2.05, 4.69) is 25.9 Å². The highest BCUT2D eigenvalue weighted by molar-refractivity contribution is 6.36. The first-order valence-electron chi connectivity index (χ1n) is 6.31. The molecule has 1 N–H and O–H groups in total. The first-order chi connectivity index (χ1) is 7.82. The molecule has 17 heavy (non-hydrogen) atoms. The average Bonchev–Trinajstić information content (AvgIpc) is 2.62. The minimum Gasteiger partial charge on any atom is -0.477 e. The molecule has 1 spiro atoms. The monoisotopic (exact) mass is 239 g/mol. The Morgan fingerprint density at radius 2 is 2.00 bits per heavy atom. The molecule has 2 aliphatic rings. The molecule has 1 saturated carbocycles. The molecule has 96 valence electrons. The molecule has 0 aromatic heterocycles. The highest BCUT2D eigenvalue weighted by Gasteiger charge is 2.45. The summed E-state index contributed by atoms with van der Waals surface area (Å²) in [6.07, 6.45) is 4.53. The Balaban J connectivity index is 1.95. The number of hydrogen-bond donors (Lipinski definition) is 1. The zero-order valence-electron chi connectivity index (χ0n) is 10.8. The number of nitrogens with zero attached hydrogens (tertiary/aromatic N) is 1. The van der Waals surface area contributed by atoms with Gasteiger partial charge in [-0.2, -0.15) is 0 Å². The van der Waals surface area contributed by atoms with Gasteiger partial charge in [0.1, 0.15) is 5.60 Å². The third kappa shape index (κ3) is 2.45. The van der Waals surface area contributed by atoms with E-state index in [1.807, 2.05) is 0 Å². The SMILES string of the molecule is CC(C)(C)[C@H]1CC[C@]2(CC1)CC(C(=O)O)=NO2. The van der Waals surface area contributed by atoms with Gasteiger partial charge < -0.3 is 9.94 Å². The number of oxime groups is 1. The number of carbonyl (C=O) groups is 1. The molecule has 0 atom stereocenters. The van der Waals surface area contributed by atoms with Gasteiger partial charge in [-0.15, -0.1) is 0 Å². The van der Waals surface area contributed by atoms with Gasteiger partial charge in [-0.25, -0.2) is 4.79 Å². The van der Waals surface area contributed by atoms with E-state index < -0.39 is 5.97 Å². The summed E-state index contributed by atoms with van der Waals surface area (Å²) in [6.45, 7) is 6.80. The van der Waals surface area contributed by atoms with Gasteiger partial charge in [0.05, 0.1) is 0 Å². The van der Waals surface area contributed by atoms with Gasteiger partial charge in [0.25, 0.3) is 0 Å². The van der Waals surface area contributed by atoms with Crippen molar-refractivity contribution in [2.45, 2.75) is 58.5 Å². The summed E-state index contributed by atoms with van der Waals surface area (Å²) in [5, 5.41) is 12.6. The van der Waals surface area contributed by atoms with E-state index >= 15 is 0 Å². The fourth-order valence-electron chi connectivity index (χ4n) is 2.91. The Kier molecular flexibility index (Phi) is 2.92. The van der Waals surface area contributed by atoms with Crippen molar-refractivity contribution in [3.63, 3.8) is 0 Å². The van der Waals surface area contributed by atoms with Crippen LogP contribution in [0, 0.1) is 11.3 Å². The van der Waals surface area contributed by atoms with Gasteiger partial charge in [-0.3, -0.25) is 0 Å². The molecule has 0 radical (unpaired) electrons. The molecule has 1 aliphatic heterocycles. The second kappa shape index (κ2) is 4.00. The number of aliphatic carboxylic acids is 1. The molecule has 0 saturated heterocycles. The van der Waals surface area contributed by atoms with Crippen LogP contribution in [0.1, 0.15) is 52.9 Å². The Labute approximate surface area is 102 Å². The summed E-state index contributed by atoms with van der Waals surface area (Å²) >= 11 is 0. The van der Waals surface area contributed by atoms with Crippen LogP contribution in [0.3, 0.4) is 0 Å². The summed E-state index contributed by atoms with van der Waals surface area (Å²) in [5.74, 6) is -0.245. The van der Waals surface area contributed by atoms with Crippen molar-refractivity contribution in [3.05, 3.63) is 0 Å². The van der Waals surface area contributed by atoms with Gasteiger partial charge in [0.2, 0.25) is 0 Å². The molecule has 4 nitrogen and oxygen atoms in total. The van der Waals surface area contributed by atoms with Crippen LogP contribution in [0.15, 0.2) is 5.16 Å². The molecule has 0 amide bonds. The molecule has 0 bridgehead atoms. The van der Waals surface area contributed by atoms with E-state index in [0.717, 1.165) is 25.7 Å². The molecule has 1 aliphatic carbocycles. The first-order valence-corrected chi connectivity index (χ1v) is 6.31. The third-order valence-electron chi connectivity index (χ3n) is 4.21. The quantitative estimate of drug-likeness (QED) is 0.765. The predicted octanol–water partition coefficient (Wildman–Crippen LogP) is 2.82. The molecular weight excluding hydrogens is 218 g/mol. The Hall–Kier alpha value is -1.06. The summed E-state index contributed by atoms with van der Waals surface area (Å²) in [7, 11) is 0. The second-order valence-electron chi connectivity index (χ2n) is 6.43. The van der Waals surface area contributed by atoms with Crippen LogP contribution in [0.5, 0.6) is 0 Å². The van der Waals surface area contributed by atoms with Crippen LogP contribution >= 0.6 is 0 Å². The fraction of sp³-hybridized carbons (Fsp3) is 0.846. The number of carboxylic acid groups (broad SMARTS) is 1. The maximum Gasteiger partial charge on any atom is 0.353 e. The topological polar surface area (TPSA) is 58.9 Å². The zero-order valence-corrected chi connectivity index (χ0v) is 10.8. The van der Waals surface area contributed by atoms with Crippen LogP contribution < -0.4 is 0 Å². The summed E-state index contributed by atoms with van der Waals surface area (Å²) < 4.78 is 0. The van der Waals surface area contributed by atoms with E-state index in [0.29, 0.717) is 17.8 Å². The van der Waals surface area contributed by atoms with Crippen LogP contribution in [0.4, 0.5) is 0 Å². The summed E-state index contributed by atoms with van der Waals surface area (Å²) in [6, 6.07) is 0. The summed E-state index contributed by atoms with van der Waals surface area (Å²) in [5.41, 5.74) is 0.200. The maximum absolute atomic E-state index is 10.8. The van der Waals surface area contributed by atoms with E-state index in [4.69, 9.17) is 9.94 Å². The van der Waals surface area contributed by atoms with E-state index in [-0.39, 0.29) is 11.3 Å². The fourth-order valence-corrected chi connectivity index (χ4v) is 2.91. The molecule has 1 heterocycles. The smallest absolute Gasteiger partial charge is 0.353 e. The van der Waals surface area contributed by atoms with Crippen molar-refractivity contribution in [2.75, 3.05) is 0 Å². The van der Waals surface area contributed by atoms with Gasteiger partial charge >= 0.3 is 5.97 Å². The zero-order chi connectivity index (χ0) is 12.7. The van der Waals surface area contributed by atoms with E-state index in [1.54, 1.807) is 0 Å². The minimum absolute atomic E-state index is 0.180. The van der Waals surface area contributed by atoms with Crippen molar-refractivity contribution in [2.24, 2.45) is 16.5 Å². The largest absolute Gasteiger partial charge is 0.477 e. The van der Waals surface area contributed by atoms with Crippen LogP contribution in [-0.4, -0.2) is 22.4 Å². The van der Waals surface area contributed by atoms with Crippen LogP contribution in [-0.2, 0) is 9.63 Å². The molecular formula is C13H21NO3. The number of hydrogen-bond acceptors (Lipinski definition) is 3. The molecule has 0 aromatic carbocycles. The maximum atomic E-state index is 10.8. The van der Waals surface area contributed by atoms with E-state index in [9.17, 15) is 4.79 Å². The summed E-state index contributed by atoms with van der Waals surface area (Å²) in [4.78, 5) is 16.3. The third-order valence-corrected chi connectivity index (χ3v) is 4.21. The van der Waals surface area contributed by atoms with Gasteiger partial charge in [-0.05, 0) is 37.0 Å². The Morgan fingerprint density at radius 1 is 1.41 bits per heavy atom. The van der Waals surface area contributed by atoms with Gasteiger partial charge in [-0.1, -0.05) is 25.9 Å². The van der Waals surface area contributed by atoms with Crippen molar-refractivity contribution in [1.29, 1.82) is 0 Å². The van der Waals surface area contributed by atoms with Crippen molar-refractivity contribution >= 4 is 11.7 Å². The van der Waals surface area contributed by atoms with Crippen LogP contribution in [0.2, 0.25) is 0 Å². The highest BCUT2D eigenvalue weighted by Crippen LogP contribution is 2.45. The van der Waals surface area contributed by atoms with Crippen LogP contribution in [0.25, 0.3) is 0 Å². The van der Waals surface area contributed by atoms with Crippen molar-refractivity contribution < 1.29 is 14.7 Å². The lowest BCUT2D eigenvalue weighted by Gasteiger charge is -2.40. The lowest BCUT2D eigenvalue weighted by molar-refractivity contribution is -0.129. The predicted molar refractivity (Wildman–Crippen MR) is 64.9 cm³/mol. The molecule has 0 unspecified atom stereocenters. The number of carboxylic acids is 1. The lowest BCUT2D eigenvalue weighted by atomic mass is 9.67. The molecule has 1 fully saturated rings. The number of rotatable bonds is 1. The normalized spacial score (nSPS) is 33.4. The Morgan fingerprint density at radius 3 is 2.41 bits per heavy atom. The van der Waals surface area contributed by atoms with Gasteiger partial charge in [0.15, 0.2) is 5.71 Å². The van der Waals surface area contributed by atoms with Crippen molar-refractivity contribution in [3.8, 4) is 0 Å². The average molecular weight is 239 g/mol. The Bertz CT molecular complexity index is 346. The second-order valence-corrected chi connectivity index (χ2v) is 6.43. The lowest BCUT2D eigenvalue weighted by Crippen LogP contribution is -2.38. The van der Waals surface area contributed by atoms with E-state index in [1.165, 1.54) is 0 Å². The van der Waals surface area contributed by atoms with Gasteiger partial charge in [0, 0.05) is 6.42 Å². The van der Waals surface area contributed by atoms with Crippen molar-refractivity contribution in [1.82, 2.24) is 0 Å². The molecule has 0 aromatic rings.